The topological polar surface area (TPSA) is 71.7 Å². The van der Waals surface area contributed by atoms with Gasteiger partial charge in [-0.15, -0.1) is 0 Å². The zero-order valence-electron chi connectivity index (χ0n) is 15.0. The summed E-state index contributed by atoms with van der Waals surface area (Å²) in [6.07, 6.45) is 0.869. The number of rotatable bonds is 4. The molecule has 2 aromatic carbocycles. The lowest BCUT2D eigenvalue weighted by atomic mass is 10.1. The molecular formula is C20H16ClN3O3S. The summed E-state index contributed by atoms with van der Waals surface area (Å²) in [7, 11) is 0. The van der Waals surface area contributed by atoms with Crippen LogP contribution in [0.4, 0.5) is 0 Å². The minimum absolute atomic E-state index is 0.317. The van der Waals surface area contributed by atoms with Gasteiger partial charge in [0.25, 0.3) is 17.7 Å². The van der Waals surface area contributed by atoms with Gasteiger partial charge in [0.2, 0.25) is 0 Å². The number of aryl methyl sites for hydroxylation is 1. The molecule has 1 aliphatic heterocycles. The average Bonchev–Trinajstić information content (AvgIpc) is 3.12. The van der Waals surface area contributed by atoms with Crippen LogP contribution in [-0.4, -0.2) is 33.7 Å². The second-order valence-corrected chi connectivity index (χ2v) is 7.84. The number of carbonyl (C=O) groups is 3. The van der Waals surface area contributed by atoms with Crippen LogP contribution in [0.3, 0.4) is 0 Å². The summed E-state index contributed by atoms with van der Waals surface area (Å²) in [5, 5.41) is 0.612. The maximum atomic E-state index is 12.6. The van der Waals surface area contributed by atoms with Crippen LogP contribution in [0.1, 0.15) is 34.1 Å². The minimum Gasteiger partial charge on any atom is -0.316 e. The SMILES string of the molecule is CCCn1c(=NC(=O)CN2C(=O)c3ccccc3C2=O)sc2cc(Cl)ccc21. The minimum atomic E-state index is -0.544. The number of imide groups is 1. The summed E-state index contributed by atoms with van der Waals surface area (Å²) in [5.74, 6) is -1.47. The fraction of sp³-hybridized carbons (Fsp3) is 0.200. The van der Waals surface area contributed by atoms with Gasteiger partial charge in [-0.05, 0) is 36.8 Å². The first kappa shape index (κ1) is 18.6. The van der Waals surface area contributed by atoms with E-state index < -0.39 is 17.7 Å². The van der Waals surface area contributed by atoms with Crippen LogP contribution in [0.25, 0.3) is 10.2 Å². The first-order valence-electron chi connectivity index (χ1n) is 8.81. The molecule has 0 spiro atoms. The third kappa shape index (κ3) is 3.16. The summed E-state index contributed by atoms with van der Waals surface area (Å²) >= 11 is 7.43. The van der Waals surface area contributed by atoms with E-state index in [0.717, 1.165) is 21.5 Å². The molecule has 0 N–H and O–H groups in total. The molecule has 0 bridgehead atoms. The molecule has 0 atom stereocenters. The maximum Gasteiger partial charge on any atom is 0.268 e. The van der Waals surface area contributed by atoms with Crippen molar-refractivity contribution in [2.24, 2.45) is 4.99 Å². The number of halogens is 1. The fourth-order valence-electron chi connectivity index (χ4n) is 3.23. The van der Waals surface area contributed by atoms with Crippen molar-refractivity contribution in [3.63, 3.8) is 0 Å². The molecule has 0 fully saturated rings. The number of carbonyl (C=O) groups excluding carboxylic acids is 3. The Morgan fingerprint density at radius 1 is 1.11 bits per heavy atom. The number of hydrogen-bond donors (Lipinski definition) is 0. The quantitative estimate of drug-likeness (QED) is 0.614. The van der Waals surface area contributed by atoms with Gasteiger partial charge in [0.1, 0.15) is 6.54 Å². The number of aromatic nitrogens is 1. The van der Waals surface area contributed by atoms with E-state index in [4.69, 9.17) is 11.6 Å². The van der Waals surface area contributed by atoms with E-state index in [1.807, 2.05) is 23.6 Å². The van der Waals surface area contributed by atoms with E-state index in [1.54, 1.807) is 30.3 Å². The Labute approximate surface area is 169 Å². The molecule has 28 heavy (non-hydrogen) atoms. The van der Waals surface area contributed by atoms with Crippen LogP contribution in [0, 0.1) is 0 Å². The van der Waals surface area contributed by atoms with Gasteiger partial charge in [0.15, 0.2) is 4.80 Å². The van der Waals surface area contributed by atoms with Crippen LogP contribution in [0.5, 0.6) is 0 Å². The van der Waals surface area contributed by atoms with Crippen LogP contribution in [0.15, 0.2) is 47.5 Å². The maximum absolute atomic E-state index is 12.6. The van der Waals surface area contributed by atoms with E-state index in [1.165, 1.54) is 11.3 Å². The molecule has 3 amide bonds. The summed E-state index contributed by atoms with van der Waals surface area (Å²) in [4.78, 5) is 43.1. The lowest BCUT2D eigenvalue weighted by molar-refractivity contribution is -0.118. The van der Waals surface area contributed by atoms with Crippen LogP contribution in [-0.2, 0) is 11.3 Å². The number of amides is 3. The average molecular weight is 414 g/mol. The highest BCUT2D eigenvalue weighted by atomic mass is 35.5. The zero-order valence-corrected chi connectivity index (χ0v) is 16.6. The Balaban J connectivity index is 1.67. The number of fused-ring (bicyclic) bond motifs is 2. The van der Waals surface area contributed by atoms with E-state index in [0.29, 0.717) is 27.5 Å². The molecule has 8 heteroatoms. The molecule has 0 aliphatic carbocycles. The van der Waals surface area contributed by atoms with Crippen LogP contribution < -0.4 is 4.80 Å². The molecule has 0 radical (unpaired) electrons. The number of benzene rings is 2. The van der Waals surface area contributed by atoms with E-state index in [2.05, 4.69) is 4.99 Å². The van der Waals surface area contributed by atoms with Gasteiger partial charge in [-0.3, -0.25) is 19.3 Å². The van der Waals surface area contributed by atoms with Crippen molar-refractivity contribution in [3.8, 4) is 0 Å². The van der Waals surface area contributed by atoms with Crippen molar-refractivity contribution in [2.75, 3.05) is 6.54 Å². The highest BCUT2D eigenvalue weighted by Gasteiger charge is 2.36. The van der Waals surface area contributed by atoms with Gasteiger partial charge in [0, 0.05) is 11.6 Å². The van der Waals surface area contributed by atoms with Gasteiger partial charge in [-0.2, -0.15) is 4.99 Å². The van der Waals surface area contributed by atoms with Gasteiger partial charge < -0.3 is 4.57 Å². The zero-order chi connectivity index (χ0) is 19.8. The third-order valence-electron chi connectivity index (χ3n) is 4.48. The number of nitrogens with zero attached hydrogens (tertiary/aromatic N) is 3. The predicted octanol–water partition coefficient (Wildman–Crippen LogP) is 3.49. The lowest BCUT2D eigenvalue weighted by Crippen LogP contribution is -2.35. The molecule has 1 aromatic heterocycles. The van der Waals surface area contributed by atoms with Crippen LogP contribution >= 0.6 is 22.9 Å². The van der Waals surface area contributed by atoms with Crippen molar-refractivity contribution in [3.05, 3.63) is 63.4 Å². The molecule has 6 nitrogen and oxygen atoms in total. The summed E-state index contributed by atoms with van der Waals surface area (Å²) < 4.78 is 2.88. The first-order chi connectivity index (χ1) is 13.5. The van der Waals surface area contributed by atoms with Gasteiger partial charge >= 0.3 is 0 Å². The largest absolute Gasteiger partial charge is 0.316 e. The molecule has 3 aromatic rings. The van der Waals surface area contributed by atoms with E-state index >= 15 is 0 Å². The van der Waals surface area contributed by atoms with Gasteiger partial charge in [-0.25, -0.2) is 0 Å². The fourth-order valence-corrected chi connectivity index (χ4v) is 4.58. The summed E-state index contributed by atoms with van der Waals surface area (Å²) in [6.45, 7) is 2.35. The smallest absolute Gasteiger partial charge is 0.268 e. The Morgan fingerprint density at radius 3 is 2.43 bits per heavy atom. The molecule has 0 saturated carbocycles. The van der Waals surface area contributed by atoms with Gasteiger partial charge in [0.05, 0.1) is 21.3 Å². The number of hydrogen-bond acceptors (Lipinski definition) is 4. The van der Waals surface area contributed by atoms with Crippen LogP contribution in [0.2, 0.25) is 5.02 Å². The Bertz CT molecular complexity index is 1160. The number of thiazole rings is 1. The van der Waals surface area contributed by atoms with Crippen molar-refractivity contribution in [2.45, 2.75) is 19.9 Å². The molecule has 0 saturated heterocycles. The molecule has 2 heterocycles. The summed E-state index contributed by atoms with van der Waals surface area (Å²) in [6, 6.07) is 12.1. The Morgan fingerprint density at radius 2 is 1.79 bits per heavy atom. The molecule has 0 unspecified atom stereocenters. The molecular weight excluding hydrogens is 398 g/mol. The highest BCUT2D eigenvalue weighted by Crippen LogP contribution is 2.23. The highest BCUT2D eigenvalue weighted by molar-refractivity contribution is 7.16. The van der Waals surface area contributed by atoms with Crippen molar-refractivity contribution < 1.29 is 14.4 Å². The monoisotopic (exact) mass is 413 g/mol. The lowest BCUT2D eigenvalue weighted by Gasteiger charge is -2.10. The molecule has 142 valence electrons. The second kappa shape index (κ2) is 7.33. The third-order valence-corrected chi connectivity index (χ3v) is 5.76. The first-order valence-corrected chi connectivity index (χ1v) is 10.0. The van der Waals surface area contributed by atoms with E-state index in [9.17, 15) is 14.4 Å². The Hall–Kier alpha value is -2.77. The molecule has 1 aliphatic rings. The van der Waals surface area contributed by atoms with Gasteiger partial charge in [-0.1, -0.05) is 42.0 Å². The Kier molecular flexibility index (Phi) is 4.87. The van der Waals surface area contributed by atoms with E-state index in [-0.39, 0.29) is 6.54 Å². The van der Waals surface area contributed by atoms with Crippen molar-refractivity contribution >= 4 is 50.9 Å². The normalized spacial score (nSPS) is 14.2. The van der Waals surface area contributed by atoms with Crippen molar-refractivity contribution in [1.82, 2.24) is 9.47 Å². The van der Waals surface area contributed by atoms with Crippen molar-refractivity contribution in [1.29, 1.82) is 0 Å². The molecule has 4 rings (SSSR count). The standard InChI is InChI=1S/C20H16ClN3O3S/c1-2-9-23-15-8-7-12(21)10-16(15)28-20(23)22-17(25)11-24-18(26)13-5-3-4-6-14(13)19(24)27/h3-8,10H,2,9,11H2,1H3. The second-order valence-electron chi connectivity index (χ2n) is 6.40. The predicted molar refractivity (Wildman–Crippen MR) is 107 cm³/mol. The summed E-state index contributed by atoms with van der Waals surface area (Å²) in [5.41, 5.74) is 1.58.